The van der Waals surface area contributed by atoms with Crippen LogP contribution in [0.2, 0.25) is 0 Å². The van der Waals surface area contributed by atoms with Crippen molar-refractivity contribution in [1.82, 2.24) is 15.0 Å². The number of carboxylic acid groups (broad SMARTS) is 1. The van der Waals surface area contributed by atoms with E-state index in [-0.39, 0.29) is 24.3 Å². The highest BCUT2D eigenvalue weighted by Crippen LogP contribution is 2.05. The number of aromatic nitrogens is 2. The van der Waals surface area contributed by atoms with Gasteiger partial charge in [-0.05, 0) is 13.8 Å². The van der Waals surface area contributed by atoms with Crippen molar-refractivity contribution in [2.45, 2.75) is 26.8 Å². The highest BCUT2D eigenvalue weighted by atomic mass is 16.5. The average Bonchev–Trinajstić information content (AvgIpc) is 2.59. The number of amides is 1. The number of aliphatic carboxylic acids is 1. The number of carbonyl (C=O) groups excluding carboxylic acids is 1. The predicted molar refractivity (Wildman–Crippen MR) is 52.8 cm³/mol. The SMILES string of the molecule is Cc1nc(C(=O)N(CC(=O)O)C(C)C)no1. The topological polar surface area (TPSA) is 96.5 Å². The lowest BCUT2D eigenvalue weighted by atomic mass is 10.3. The van der Waals surface area contributed by atoms with Crippen LogP contribution >= 0.6 is 0 Å². The molecule has 0 saturated heterocycles. The second kappa shape index (κ2) is 4.73. The van der Waals surface area contributed by atoms with Gasteiger partial charge in [0.05, 0.1) is 0 Å². The lowest BCUT2D eigenvalue weighted by Crippen LogP contribution is -2.41. The standard InChI is InChI=1S/C9H13N3O4/c1-5(2)12(4-7(13)14)9(15)8-10-6(3)16-11-8/h5H,4H2,1-3H3,(H,13,14). The third-order valence-corrected chi connectivity index (χ3v) is 1.91. The van der Waals surface area contributed by atoms with Gasteiger partial charge in [-0.2, -0.15) is 4.98 Å². The molecule has 0 aliphatic carbocycles. The molecule has 1 aromatic heterocycles. The van der Waals surface area contributed by atoms with Gasteiger partial charge in [0.1, 0.15) is 6.54 Å². The first-order valence-corrected chi connectivity index (χ1v) is 4.75. The van der Waals surface area contributed by atoms with Crippen LogP contribution in [0.3, 0.4) is 0 Å². The molecule has 1 aromatic rings. The van der Waals surface area contributed by atoms with E-state index in [2.05, 4.69) is 14.7 Å². The molecule has 7 nitrogen and oxygen atoms in total. The quantitative estimate of drug-likeness (QED) is 0.795. The molecule has 0 fully saturated rings. The summed E-state index contributed by atoms with van der Waals surface area (Å²) in [5.41, 5.74) is 0. The summed E-state index contributed by atoms with van der Waals surface area (Å²) >= 11 is 0. The zero-order chi connectivity index (χ0) is 12.3. The monoisotopic (exact) mass is 227 g/mol. The van der Waals surface area contributed by atoms with Gasteiger partial charge in [-0.1, -0.05) is 5.16 Å². The highest BCUT2D eigenvalue weighted by molar-refractivity contribution is 5.92. The minimum absolute atomic E-state index is 0.118. The Kier molecular flexibility index (Phi) is 3.60. The average molecular weight is 227 g/mol. The van der Waals surface area contributed by atoms with Crippen LogP contribution in [0.5, 0.6) is 0 Å². The molecule has 16 heavy (non-hydrogen) atoms. The van der Waals surface area contributed by atoms with Crippen molar-refractivity contribution in [3.63, 3.8) is 0 Å². The minimum Gasteiger partial charge on any atom is -0.480 e. The molecule has 0 spiro atoms. The van der Waals surface area contributed by atoms with Crippen molar-refractivity contribution in [3.8, 4) is 0 Å². The van der Waals surface area contributed by atoms with Crippen LogP contribution in [0.25, 0.3) is 0 Å². The van der Waals surface area contributed by atoms with Gasteiger partial charge in [-0.3, -0.25) is 9.59 Å². The molecule has 1 rings (SSSR count). The summed E-state index contributed by atoms with van der Waals surface area (Å²) in [4.78, 5) is 27.3. The zero-order valence-corrected chi connectivity index (χ0v) is 9.30. The number of carbonyl (C=O) groups is 2. The van der Waals surface area contributed by atoms with Gasteiger partial charge in [0.15, 0.2) is 0 Å². The van der Waals surface area contributed by atoms with Crippen LogP contribution in [0.15, 0.2) is 4.52 Å². The Morgan fingerprint density at radius 2 is 2.12 bits per heavy atom. The zero-order valence-electron chi connectivity index (χ0n) is 9.30. The van der Waals surface area contributed by atoms with Gasteiger partial charge in [-0.25, -0.2) is 0 Å². The van der Waals surface area contributed by atoms with Crippen LogP contribution in [-0.4, -0.2) is 44.6 Å². The molecule has 0 radical (unpaired) electrons. The maximum absolute atomic E-state index is 11.8. The van der Waals surface area contributed by atoms with Crippen molar-refractivity contribution in [1.29, 1.82) is 0 Å². The van der Waals surface area contributed by atoms with Crippen LogP contribution in [0.1, 0.15) is 30.4 Å². The van der Waals surface area contributed by atoms with Crippen LogP contribution in [-0.2, 0) is 4.79 Å². The molecule has 0 aliphatic heterocycles. The first-order chi connectivity index (χ1) is 7.41. The Bertz CT molecular complexity index is 399. The molecule has 0 bridgehead atoms. The number of hydrogen-bond donors (Lipinski definition) is 1. The summed E-state index contributed by atoms with van der Waals surface area (Å²) in [6, 6.07) is -0.248. The van der Waals surface area contributed by atoms with Crippen molar-refractivity contribution in [2.24, 2.45) is 0 Å². The molecular weight excluding hydrogens is 214 g/mol. The van der Waals surface area contributed by atoms with Gasteiger partial charge in [0, 0.05) is 13.0 Å². The van der Waals surface area contributed by atoms with E-state index in [0.717, 1.165) is 4.90 Å². The molecular formula is C9H13N3O4. The fraction of sp³-hybridized carbons (Fsp3) is 0.556. The number of rotatable bonds is 4. The first-order valence-electron chi connectivity index (χ1n) is 4.75. The summed E-state index contributed by atoms with van der Waals surface area (Å²) in [7, 11) is 0. The Morgan fingerprint density at radius 1 is 1.50 bits per heavy atom. The van der Waals surface area contributed by atoms with Gasteiger partial charge in [0.25, 0.3) is 11.7 Å². The highest BCUT2D eigenvalue weighted by Gasteiger charge is 2.24. The van der Waals surface area contributed by atoms with E-state index in [1.54, 1.807) is 20.8 Å². The largest absolute Gasteiger partial charge is 0.480 e. The van der Waals surface area contributed by atoms with Crippen molar-refractivity contribution in [2.75, 3.05) is 6.54 Å². The first kappa shape index (κ1) is 12.2. The Morgan fingerprint density at radius 3 is 2.50 bits per heavy atom. The van der Waals surface area contributed by atoms with E-state index in [4.69, 9.17) is 5.11 Å². The van der Waals surface area contributed by atoms with Crippen molar-refractivity contribution in [3.05, 3.63) is 11.7 Å². The Labute approximate surface area is 92.0 Å². The van der Waals surface area contributed by atoms with E-state index < -0.39 is 11.9 Å². The summed E-state index contributed by atoms with van der Waals surface area (Å²) in [5, 5.41) is 12.1. The maximum Gasteiger partial charge on any atom is 0.323 e. The predicted octanol–water partition coefficient (Wildman–Crippen LogP) is 0.313. The van der Waals surface area contributed by atoms with E-state index in [9.17, 15) is 9.59 Å². The lowest BCUT2D eigenvalue weighted by Gasteiger charge is -2.22. The molecule has 0 aromatic carbocycles. The Hall–Kier alpha value is -1.92. The molecule has 7 heteroatoms. The second-order valence-electron chi connectivity index (χ2n) is 3.56. The smallest absolute Gasteiger partial charge is 0.323 e. The lowest BCUT2D eigenvalue weighted by molar-refractivity contribution is -0.138. The molecule has 88 valence electrons. The number of nitrogens with zero attached hydrogens (tertiary/aromatic N) is 3. The number of aryl methyl sites for hydroxylation is 1. The molecule has 0 unspecified atom stereocenters. The third-order valence-electron chi connectivity index (χ3n) is 1.91. The number of carboxylic acids is 1. The fourth-order valence-corrected chi connectivity index (χ4v) is 1.15. The van der Waals surface area contributed by atoms with Gasteiger partial charge in [0.2, 0.25) is 5.89 Å². The van der Waals surface area contributed by atoms with Crippen LogP contribution in [0, 0.1) is 6.92 Å². The molecule has 1 N–H and O–H groups in total. The number of hydrogen-bond acceptors (Lipinski definition) is 5. The van der Waals surface area contributed by atoms with Gasteiger partial charge in [-0.15, -0.1) is 0 Å². The van der Waals surface area contributed by atoms with Crippen molar-refractivity contribution >= 4 is 11.9 Å². The van der Waals surface area contributed by atoms with E-state index in [1.165, 1.54) is 0 Å². The van der Waals surface area contributed by atoms with Crippen LogP contribution < -0.4 is 0 Å². The molecule has 0 atom stereocenters. The molecule has 1 amide bonds. The van der Waals surface area contributed by atoms with Crippen molar-refractivity contribution < 1.29 is 19.2 Å². The maximum atomic E-state index is 11.8. The summed E-state index contributed by atoms with van der Waals surface area (Å²) in [6.07, 6.45) is 0. The minimum atomic E-state index is -1.08. The third kappa shape index (κ3) is 2.78. The summed E-state index contributed by atoms with van der Waals surface area (Å²) in [5.74, 6) is -1.48. The summed E-state index contributed by atoms with van der Waals surface area (Å²) in [6.45, 7) is 4.60. The molecule has 1 heterocycles. The van der Waals surface area contributed by atoms with Gasteiger partial charge >= 0.3 is 5.97 Å². The molecule has 0 aliphatic rings. The van der Waals surface area contributed by atoms with Gasteiger partial charge < -0.3 is 14.5 Å². The molecule has 0 saturated carbocycles. The van der Waals surface area contributed by atoms with E-state index >= 15 is 0 Å². The van der Waals surface area contributed by atoms with E-state index in [0.29, 0.717) is 0 Å². The normalized spacial score (nSPS) is 10.5. The summed E-state index contributed by atoms with van der Waals surface area (Å²) < 4.78 is 4.66. The Balaban J connectivity index is 2.87. The van der Waals surface area contributed by atoms with Crippen LogP contribution in [0.4, 0.5) is 0 Å². The second-order valence-corrected chi connectivity index (χ2v) is 3.56. The van der Waals surface area contributed by atoms with E-state index in [1.807, 2.05) is 0 Å². The fourth-order valence-electron chi connectivity index (χ4n) is 1.15.